The van der Waals surface area contributed by atoms with Gasteiger partial charge in [-0.2, -0.15) is 0 Å². The topological polar surface area (TPSA) is 55.8 Å². The van der Waals surface area contributed by atoms with Gasteiger partial charge in [-0.25, -0.2) is 0 Å². The molecule has 25 heavy (non-hydrogen) atoms. The van der Waals surface area contributed by atoms with E-state index < -0.39 is 6.10 Å². The Morgan fingerprint density at radius 2 is 1.80 bits per heavy atom. The fourth-order valence-electron chi connectivity index (χ4n) is 3.86. The van der Waals surface area contributed by atoms with Crippen molar-refractivity contribution in [3.05, 3.63) is 35.9 Å². The zero-order chi connectivity index (χ0) is 17.5. The van der Waals surface area contributed by atoms with Gasteiger partial charge in [0.25, 0.3) is 0 Å². The van der Waals surface area contributed by atoms with Crippen molar-refractivity contribution < 1.29 is 9.90 Å². The fourth-order valence-corrected chi connectivity index (χ4v) is 3.86. The molecule has 0 radical (unpaired) electrons. The number of amides is 1. The molecular formula is C20H31N3O2. The van der Waals surface area contributed by atoms with Crippen molar-refractivity contribution in [1.29, 1.82) is 0 Å². The summed E-state index contributed by atoms with van der Waals surface area (Å²) in [5, 5.41) is 13.7. The molecule has 0 unspecified atom stereocenters. The van der Waals surface area contributed by atoms with E-state index in [0.717, 1.165) is 64.0 Å². The van der Waals surface area contributed by atoms with E-state index >= 15 is 0 Å². The zero-order valence-electron chi connectivity index (χ0n) is 15.1. The second-order valence-electron chi connectivity index (χ2n) is 7.39. The smallest absolute Gasteiger partial charge is 0.236 e. The number of carbonyl (C=O) groups is 1. The molecule has 2 aliphatic heterocycles. The summed E-state index contributed by atoms with van der Waals surface area (Å²) in [5.41, 5.74) is 0.992. The third-order valence-corrected chi connectivity index (χ3v) is 5.49. The van der Waals surface area contributed by atoms with Crippen LogP contribution in [-0.2, 0) is 4.79 Å². The monoisotopic (exact) mass is 345 g/mol. The van der Waals surface area contributed by atoms with Gasteiger partial charge in [-0.3, -0.25) is 4.79 Å². The number of rotatable bonds is 7. The molecule has 0 aliphatic carbocycles. The summed E-state index contributed by atoms with van der Waals surface area (Å²) in [6.45, 7) is 6.02. The molecule has 5 nitrogen and oxygen atoms in total. The maximum Gasteiger partial charge on any atom is 0.236 e. The van der Waals surface area contributed by atoms with Crippen LogP contribution in [0.3, 0.4) is 0 Å². The highest BCUT2D eigenvalue weighted by molar-refractivity contribution is 5.78. The SMILES string of the molecule is O=C(CNCC1CCN(C[C@H](O)c2ccccc2)CC1)N1CCCC1. The highest BCUT2D eigenvalue weighted by atomic mass is 16.3. The Morgan fingerprint density at radius 3 is 2.48 bits per heavy atom. The number of aliphatic hydroxyl groups is 1. The molecule has 1 amide bonds. The lowest BCUT2D eigenvalue weighted by Crippen LogP contribution is -2.41. The average Bonchev–Trinajstić information content (AvgIpc) is 3.19. The minimum absolute atomic E-state index is 0.251. The summed E-state index contributed by atoms with van der Waals surface area (Å²) in [5.74, 6) is 0.886. The van der Waals surface area contributed by atoms with Crippen LogP contribution < -0.4 is 5.32 Å². The number of nitrogens with zero attached hydrogens (tertiary/aromatic N) is 2. The van der Waals surface area contributed by atoms with Gasteiger partial charge in [-0.1, -0.05) is 30.3 Å². The van der Waals surface area contributed by atoms with Crippen LogP contribution in [0.4, 0.5) is 0 Å². The van der Waals surface area contributed by atoms with Gasteiger partial charge in [0.2, 0.25) is 5.91 Å². The number of β-amino-alcohol motifs (C(OH)–C–C–N with tert-alkyl or cyclic N) is 1. The molecule has 1 aromatic carbocycles. The summed E-state index contributed by atoms with van der Waals surface area (Å²) < 4.78 is 0. The first-order chi connectivity index (χ1) is 12.2. The van der Waals surface area contributed by atoms with Crippen molar-refractivity contribution in [3.8, 4) is 0 Å². The summed E-state index contributed by atoms with van der Waals surface area (Å²) in [7, 11) is 0. The van der Waals surface area contributed by atoms with Gasteiger partial charge in [0.05, 0.1) is 12.6 Å². The van der Waals surface area contributed by atoms with E-state index in [4.69, 9.17) is 0 Å². The van der Waals surface area contributed by atoms with E-state index in [0.29, 0.717) is 19.0 Å². The number of piperidine rings is 1. The second-order valence-corrected chi connectivity index (χ2v) is 7.39. The highest BCUT2D eigenvalue weighted by Gasteiger charge is 2.22. The molecule has 0 bridgehead atoms. The Bertz CT molecular complexity index is 523. The van der Waals surface area contributed by atoms with Crippen LogP contribution >= 0.6 is 0 Å². The summed E-state index contributed by atoms with van der Waals surface area (Å²) in [4.78, 5) is 16.3. The Balaban J connectivity index is 1.31. The Labute approximate surface area is 151 Å². The van der Waals surface area contributed by atoms with Crippen molar-refractivity contribution in [1.82, 2.24) is 15.1 Å². The number of hydrogen-bond acceptors (Lipinski definition) is 4. The Morgan fingerprint density at radius 1 is 1.12 bits per heavy atom. The molecule has 138 valence electrons. The van der Waals surface area contributed by atoms with Crippen molar-refractivity contribution >= 4 is 5.91 Å². The normalized spacial score (nSPS) is 20.8. The zero-order valence-corrected chi connectivity index (χ0v) is 15.1. The van der Waals surface area contributed by atoms with E-state index in [2.05, 4.69) is 10.2 Å². The van der Waals surface area contributed by atoms with Gasteiger partial charge in [0, 0.05) is 19.6 Å². The van der Waals surface area contributed by atoms with E-state index in [1.807, 2.05) is 35.2 Å². The van der Waals surface area contributed by atoms with Crippen LogP contribution in [-0.4, -0.2) is 66.6 Å². The predicted molar refractivity (Wildman–Crippen MR) is 99.2 cm³/mol. The molecule has 2 aliphatic rings. The van der Waals surface area contributed by atoms with Gasteiger partial charge in [0.1, 0.15) is 0 Å². The van der Waals surface area contributed by atoms with Crippen molar-refractivity contribution in [2.45, 2.75) is 31.8 Å². The van der Waals surface area contributed by atoms with Gasteiger partial charge in [0.15, 0.2) is 0 Å². The molecule has 2 saturated heterocycles. The molecule has 5 heteroatoms. The first-order valence-corrected chi connectivity index (χ1v) is 9.66. The fraction of sp³-hybridized carbons (Fsp3) is 0.650. The molecule has 0 saturated carbocycles. The van der Waals surface area contributed by atoms with Crippen LogP contribution in [0.15, 0.2) is 30.3 Å². The number of hydrogen-bond donors (Lipinski definition) is 2. The van der Waals surface area contributed by atoms with Crippen LogP contribution in [0.1, 0.15) is 37.4 Å². The maximum absolute atomic E-state index is 12.0. The third-order valence-electron chi connectivity index (χ3n) is 5.49. The minimum atomic E-state index is -0.408. The van der Waals surface area contributed by atoms with Crippen LogP contribution in [0.2, 0.25) is 0 Å². The third kappa shape index (κ3) is 5.53. The molecule has 1 aromatic rings. The van der Waals surface area contributed by atoms with Gasteiger partial charge >= 0.3 is 0 Å². The molecule has 0 aromatic heterocycles. The molecule has 3 rings (SSSR count). The maximum atomic E-state index is 12.0. The molecule has 2 fully saturated rings. The standard InChI is InChI=1S/C20H31N3O2/c24-19(18-6-2-1-3-7-18)16-22-12-8-17(9-13-22)14-21-15-20(25)23-10-4-5-11-23/h1-3,6-7,17,19,21,24H,4-5,8-16H2/t19-/m0/s1. The molecular weight excluding hydrogens is 314 g/mol. The highest BCUT2D eigenvalue weighted by Crippen LogP contribution is 2.20. The van der Waals surface area contributed by atoms with Gasteiger partial charge in [-0.15, -0.1) is 0 Å². The molecule has 1 atom stereocenters. The number of aliphatic hydroxyl groups excluding tert-OH is 1. The molecule has 0 spiro atoms. The van der Waals surface area contributed by atoms with Gasteiger partial charge in [-0.05, 0) is 56.8 Å². The summed E-state index contributed by atoms with van der Waals surface area (Å²) >= 11 is 0. The lowest BCUT2D eigenvalue weighted by atomic mass is 9.96. The number of carbonyl (C=O) groups excluding carboxylic acids is 1. The molecule has 2 heterocycles. The van der Waals surface area contributed by atoms with Crippen molar-refractivity contribution in [2.24, 2.45) is 5.92 Å². The average molecular weight is 345 g/mol. The predicted octanol–water partition coefficient (Wildman–Crippen LogP) is 1.64. The van der Waals surface area contributed by atoms with Crippen LogP contribution in [0.5, 0.6) is 0 Å². The van der Waals surface area contributed by atoms with Crippen LogP contribution in [0.25, 0.3) is 0 Å². The van der Waals surface area contributed by atoms with E-state index in [1.54, 1.807) is 0 Å². The van der Waals surface area contributed by atoms with Crippen molar-refractivity contribution in [3.63, 3.8) is 0 Å². The molecule has 2 N–H and O–H groups in total. The van der Waals surface area contributed by atoms with E-state index in [1.165, 1.54) is 0 Å². The van der Waals surface area contributed by atoms with E-state index in [9.17, 15) is 9.90 Å². The Kier molecular flexibility index (Phi) is 6.84. The Hall–Kier alpha value is -1.43. The lowest BCUT2D eigenvalue weighted by molar-refractivity contribution is -0.129. The first kappa shape index (κ1) is 18.4. The summed E-state index contributed by atoms with van der Waals surface area (Å²) in [6, 6.07) is 9.89. The van der Waals surface area contributed by atoms with Gasteiger partial charge < -0.3 is 20.2 Å². The number of nitrogens with one attached hydrogen (secondary N) is 1. The second kappa shape index (κ2) is 9.32. The van der Waals surface area contributed by atoms with Crippen LogP contribution in [0, 0.1) is 5.92 Å². The number of likely N-dealkylation sites (tertiary alicyclic amines) is 2. The largest absolute Gasteiger partial charge is 0.387 e. The van der Waals surface area contributed by atoms with E-state index in [-0.39, 0.29) is 5.91 Å². The summed E-state index contributed by atoms with van der Waals surface area (Å²) in [6.07, 6.45) is 4.16. The quantitative estimate of drug-likeness (QED) is 0.789. The number of benzene rings is 1. The minimum Gasteiger partial charge on any atom is -0.387 e. The lowest BCUT2D eigenvalue weighted by Gasteiger charge is -2.33. The first-order valence-electron chi connectivity index (χ1n) is 9.66. The van der Waals surface area contributed by atoms with Crippen molar-refractivity contribution in [2.75, 3.05) is 45.8 Å².